The maximum atomic E-state index is 10.5. The van der Waals surface area contributed by atoms with E-state index in [-0.39, 0.29) is 5.92 Å². The second kappa shape index (κ2) is 12.1. The number of unbranched alkanes of at least 4 members (excludes halogenated alkanes) is 5. The molecule has 0 aromatic rings. The smallest absolute Gasteiger partial charge is 0.122 e. The fourth-order valence-electron chi connectivity index (χ4n) is 2.27. The molecule has 102 valence electrons. The van der Waals surface area contributed by atoms with Crippen LogP contribution in [0, 0.1) is 11.8 Å². The Labute approximate surface area is 108 Å². The maximum Gasteiger partial charge on any atom is 0.122 e. The van der Waals surface area contributed by atoms with Crippen LogP contribution in [-0.4, -0.2) is 6.29 Å². The average Bonchev–Trinajstić information content (AvgIpc) is 2.33. The predicted molar refractivity (Wildman–Crippen MR) is 76.2 cm³/mol. The molecule has 0 rings (SSSR count). The summed E-state index contributed by atoms with van der Waals surface area (Å²) in [5.74, 6) is 1.11. The van der Waals surface area contributed by atoms with Crippen molar-refractivity contribution < 1.29 is 4.79 Å². The number of carbonyl (C=O) groups excluding carboxylic acids is 1. The summed E-state index contributed by atoms with van der Waals surface area (Å²) in [6.45, 7) is 6.64. The van der Waals surface area contributed by atoms with E-state index >= 15 is 0 Å². The van der Waals surface area contributed by atoms with E-state index in [2.05, 4.69) is 13.8 Å². The molecular formula is C16H32O. The highest BCUT2D eigenvalue weighted by Gasteiger charge is 2.04. The van der Waals surface area contributed by atoms with Gasteiger partial charge in [0.05, 0.1) is 0 Å². The van der Waals surface area contributed by atoms with Crippen molar-refractivity contribution in [1.82, 2.24) is 0 Å². The molecule has 0 amide bonds. The molecule has 1 nitrogen and oxygen atoms in total. The molecule has 0 aliphatic rings. The van der Waals surface area contributed by atoms with Gasteiger partial charge in [-0.1, -0.05) is 78.6 Å². The summed E-state index contributed by atoms with van der Waals surface area (Å²) >= 11 is 0. The molecule has 0 saturated heterocycles. The van der Waals surface area contributed by atoms with Crippen LogP contribution in [0.4, 0.5) is 0 Å². The first-order valence-electron chi connectivity index (χ1n) is 7.66. The van der Waals surface area contributed by atoms with Gasteiger partial charge in [0.1, 0.15) is 6.29 Å². The molecule has 0 aliphatic heterocycles. The lowest BCUT2D eigenvalue weighted by atomic mass is 9.95. The summed E-state index contributed by atoms with van der Waals surface area (Å²) in [6, 6.07) is 0. The first kappa shape index (κ1) is 16.7. The van der Waals surface area contributed by atoms with Crippen LogP contribution >= 0.6 is 0 Å². The Bertz CT molecular complexity index is 165. The van der Waals surface area contributed by atoms with Crippen molar-refractivity contribution in [3.63, 3.8) is 0 Å². The Kier molecular flexibility index (Phi) is 11.9. The lowest BCUT2D eigenvalue weighted by molar-refractivity contribution is -0.110. The van der Waals surface area contributed by atoms with Crippen molar-refractivity contribution in [1.29, 1.82) is 0 Å². The largest absolute Gasteiger partial charge is 0.303 e. The van der Waals surface area contributed by atoms with E-state index in [0.717, 1.165) is 18.6 Å². The Morgan fingerprint density at radius 3 is 2.06 bits per heavy atom. The van der Waals surface area contributed by atoms with Crippen molar-refractivity contribution in [2.75, 3.05) is 0 Å². The van der Waals surface area contributed by atoms with Crippen LogP contribution in [0.25, 0.3) is 0 Å². The molecule has 17 heavy (non-hydrogen) atoms. The third kappa shape index (κ3) is 11.9. The van der Waals surface area contributed by atoms with Gasteiger partial charge in [-0.2, -0.15) is 0 Å². The van der Waals surface area contributed by atoms with Crippen molar-refractivity contribution in [2.45, 2.75) is 85.0 Å². The second-order valence-corrected chi connectivity index (χ2v) is 5.71. The Balaban J connectivity index is 3.22. The molecule has 0 aromatic carbocycles. The topological polar surface area (TPSA) is 17.1 Å². The van der Waals surface area contributed by atoms with Gasteiger partial charge in [0, 0.05) is 5.92 Å². The summed E-state index contributed by atoms with van der Waals surface area (Å²) in [6.07, 6.45) is 14.4. The summed E-state index contributed by atoms with van der Waals surface area (Å²) in [4.78, 5) is 10.5. The first-order chi connectivity index (χ1) is 8.20. The molecule has 0 aromatic heterocycles. The lowest BCUT2D eigenvalue weighted by Gasteiger charge is -2.11. The van der Waals surface area contributed by atoms with Gasteiger partial charge in [-0.3, -0.25) is 0 Å². The van der Waals surface area contributed by atoms with Crippen molar-refractivity contribution in [3.8, 4) is 0 Å². The third-order valence-corrected chi connectivity index (χ3v) is 3.64. The van der Waals surface area contributed by atoms with E-state index in [0.29, 0.717) is 0 Å². The van der Waals surface area contributed by atoms with Crippen LogP contribution in [-0.2, 0) is 4.79 Å². The van der Waals surface area contributed by atoms with Crippen LogP contribution in [0.15, 0.2) is 0 Å². The molecule has 0 radical (unpaired) electrons. The highest BCUT2D eigenvalue weighted by Crippen LogP contribution is 2.18. The van der Waals surface area contributed by atoms with Crippen LogP contribution in [0.3, 0.4) is 0 Å². The summed E-state index contributed by atoms with van der Waals surface area (Å²) < 4.78 is 0. The molecule has 1 heteroatoms. The minimum Gasteiger partial charge on any atom is -0.303 e. The van der Waals surface area contributed by atoms with Gasteiger partial charge >= 0.3 is 0 Å². The lowest BCUT2D eigenvalue weighted by Crippen LogP contribution is -1.99. The van der Waals surface area contributed by atoms with Gasteiger partial charge in [-0.25, -0.2) is 0 Å². The van der Waals surface area contributed by atoms with Crippen LogP contribution in [0.5, 0.6) is 0 Å². The normalized spacial score (nSPS) is 14.5. The Morgan fingerprint density at radius 1 is 0.824 bits per heavy atom. The second-order valence-electron chi connectivity index (χ2n) is 5.71. The standard InChI is InChI=1S/C16H32O/c1-4-5-6-7-8-9-11-15(2)12-10-13-16(3)14-17/h14-16H,4-13H2,1-3H3. The van der Waals surface area contributed by atoms with E-state index in [1.54, 1.807) is 0 Å². The van der Waals surface area contributed by atoms with Gasteiger partial charge in [-0.05, 0) is 12.3 Å². The van der Waals surface area contributed by atoms with Crippen LogP contribution in [0.2, 0.25) is 0 Å². The fourth-order valence-corrected chi connectivity index (χ4v) is 2.27. The van der Waals surface area contributed by atoms with E-state index in [4.69, 9.17) is 0 Å². The van der Waals surface area contributed by atoms with Crippen LogP contribution < -0.4 is 0 Å². The maximum absolute atomic E-state index is 10.5. The van der Waals surface area contributed by atoms with Gasteiger partial charge in [0.25, 0.3) is 0 Å². The molecule has 2 atom stereocenters. The summed E-state index contributed by atoms with van der Waals surface area (Å²) in [5.41, 5.74) is 0. The molecule has 0 spiro atoms. The molecule has 2 unspecified atom stereocenters. The summed E-state index contributed by atoms with van der Waals surface area (Å²) in [5, 5.41) is 0. The van der Waals surface area contributed by atoms with Gasteiger partial charge in [0.15, 0.2) is 0 Å². The zero-order valence-electron chi connectivity index (χ0n) is 12.2. The van der Waals surface area contributed by atoms with Crippen molar-refractivity contribution >= 4 is 6.29 Å². The first-order valence-corrected chi connectivity index (χ1v) is 7.66. The summed E-state index contributed by atoms with van der Waals surface area (Å²) in [7, 11) is 0. The Morgan fingerprint density at radius 2 is 1.41 bits per heavy atom. The van der Waals surface area contributed by atoms with E-state index in [9.17, 15) is 4.79 Å². The predicted octanol–water partition coefficient (Wildman–Crippen LogP) is 5.38. The van der Waals surface area contributed by atoms with Gasteiger partial charge in [0.2, 0.25) is 0 Å². The highest BCUT2D eigenvalue weighted by molar-refractivity contribution is 5.52. The number of aldehydes is 1. The monoisotopic (exact) mass is 240 g/mol. The Hall–Kier alpha value is -0.330. The number of hydrogen-bond donors (Lipinski definition) is 0. The minimum absolute atomic E-state index is 0.260. The van der Waals surface area contributed by atoms with E-state index in [1.165, 1.54) is 57.8 Å². The molecular weight excluding hydrogens is 208 g/mol. The van der Waals surface area contributed by atoms with E-state index in [1.807, 2.05) is 6.92 Å². The number of hydrogen-bond acceptors (Lipinski definition) is 1. The fraction of sp³-hybridized carbons (Fsp3) is 0.938. The average molecular weight is 240 g/mol. The molecule has 0 N–H and O–H groups in total. The molecule has 0 saturated carbocycles. The SMILES string of the molecule is CCCCCCCCC(C)CCCC(C)C=O. The minimum atomic E-state index is 0.260. The van der Waals surface area contributed by atoms with E-state index < -0.39 is 0 Å². The van der Waals surface area contributed by atoms with Gasteiger partial charge < -0.3 is 4.79 Å². The third-order valence-electron chi connectivity index (χ3n) is 3.64. The van der Waals surface area contributed by atoms with Crippen LogP contribution in [0.1, 0.15) is 85.0 Å². The number of rotatable bonds is 12. The van der Waals surface area contributed by atoms with Gasteiger partial charge in [-0.15, -0.1) is 0 Å². The van der Waals surface area contributed by atoms with Crippen molar-refractivity contribution in [2.24, 2.45) is 11.8 Å². The highest BCUT2D eigenvalue weighted by atomic mass is 16.1. The molecule has 0 fully saturated rings. The zero-order valence-corrected chi connectivity index (χ0v) is 12.2. The number of carbonyl (C=O) groups is 1. The quantitative estimate of drug-likeness (QED) is 0.331. The zero-order chi connectivity index (χ0) is 12.9. The molecule has 0 heterocycles. The molecule has 0 aliphatic carbocycles. The molecule has 0 bridgehead atoms. The van der Waals surface area contributed by atoms with Crippen molar-refractivity contribution in [3.05, 3.63) is 0 Å².